The fourth-order valence-electron chi connectivity index (χ4n) is 4.29. The standard InChI is InChI=1S/C24H28FN3O3/c1-24(2,3)31-23(29)28-12-11-16(14-28)22-17-10-9-15(13-19(17)26-27(22)4)21-18(25)7-6-8-20(21)30-5/h6-10,13,16H,11-12,14H2,1-5H3. The van der Waals surface area contributed by atoms with Crippen LogP contribution in [0.5, 0.6) is 5.75 Å². The molecule has 31 heavy (non-hydrogen) atoms. The van der Waals surface area contributed by atoms with Crippen molar-refractivity contribution >= 4 is 17.0 Å². The number of carbonyl (C=O) groups is 1. The molecular formula is C24H28FN3O3. The van der Waals surface area contributed by atoms with E-state index in [1.54, 1.807) is 17.0 Å². The first-order chi connectivity index (χ1) is 14.7. The molecule has 0 bridgehead atoms. The Morgan fingerprint density at radius 3 is 2.71 bits per heavy atom. The van der Waals surface area contributed by atoms with Crippen LogP contribution in [0.2, 0.25) is 0 Å². The highest BCUT2D eigenvalue weighted by atomic mass is 19.1. The summed E-state index contributed by atoms with van der Waals surface area (Å²) in [5.74, 6) is 0.314. The molecule has 7 heteroatoms. The molecule has 164 valence electrons. The number of nitrogens with zero attached hydrogens (tertiary/aromatic N) is 3. The summed E-state index contributed by atoms with van der Waals surface area (Å²) >= 11 is 0. The third-order valence-corrected chi connectivity index (χ3v) is 5.59. The predicted molar refractivity (Wildman–Crippen MR) is 118 cm³/mol. The average molecular weight is 426 g/mol. The van der Waals surface area contributed by atoms with Gasteiger partial charge in [-0.3, -0.25) is 4.68 Å². The van der Waals surface area contributed by atoms with Gasteiger partial charge in [-0.05, 0) is 51.0 Å². The Kier molecular flexibility index (Phi) is 5.37. The lowest BCUT2D eigenvalue weighted by Gasteiger charge is -2.24. The van der Waals surface area contributed by atoms with Gasteiger partial charge in [0, 0.05) is 31.4 Å². The largest absolute Gasteiger partial charge is 0.496 e. The van der Waals surface area contributed by atoms with Gasteiger partial charge in [0.15, 0.2) is 0 Å². The van der Waals surface area contributed by atoms with Gasteiger partial charge >= 0.3 is 6.09 Å². The van der Waals surface area contributed by atoms with Crippen molar-refractivity contribution in [2.75, 3.05) is 20.2 Å². The molecule has 0 N–H and O–H groups in total. The first kappa shape index (κ1) is 21.2. The summed E-state index contributed by atoms with van der Waals surface area (Å²) in [4.78, 5) is 14.2. The number of ether oxygens (including phenoxy) is 2. The van der Waals surface area contributed by atoms with E-state index in [2.05, 4.69) is 5.10 Å². The molecular weight excluding hydrogens is 397 g/mol. The maximum Gasteiger partial charge on any atom is 0.410 e. The number of amides is 1. The Bertz CT molecular complexity index is 1130. The Balaban J connectivity index is 1.65. The summed E-state index contributed by atoms with van der Waals surface area (Å²) < 4.78 is 27.3. The minimum atomic E-state index is -0.515. The molecule has 3 aromatic rings. The molecule has 1 aliphatic heterocycles. The molecule has 1 saturated heterocycles. The van der Waals surface area contributed by atoms with Gasteiger partial charge in [0.1, 0.15) is 17.2 Å². The molecule has 0 saturated carbocycles. The van der Waals surface area contributed by atoms with Crippen molar-refractivity contribution in [3.8, 4) is 16.9 Å². The number of rotatable bonds is 3. The number of fused-ring (bicyclic) bond motifs is 1. The minimum absolute atomic E-state index is 0.163. The fourth-order valence-corrected chi connectivity index (χ4v) is 4.29. The van der Waals surface area contributed by atoms with E-state index in [-0.39, 0.29) is 17.8 Å². The first-order valence-corrected chi connectivity index (χ1v) is 10.5. The monoisotopic (exact) mass is 425 g/mol. The average Bonchev–Trinajstić information content (AvgIpc) is 3.29. The Labute approximate surface area is 181 Å². The van der Waals surface area contributed by atoms with Crippen LogP contribution in [0.3, 0.4) is 0 Å². The number of aryl methyl sites for hydroxylation is 1. The molecule has 1 aliphatic rings. The second-order valence-corrected chi connectivity index (χ2v) is 8.97. The summed E-state index contributed by atoms with van der Waals surface area (Å²) in [6.45, 7) is 6.85. The van der Waals surface area contributed by atoms with E-state index in [1.165, 1.54) is 13.2 Å². The second-order valence-electron chi connectivity index (χ2n) is 8.97. The number of carbonyl (C=O) groups excluding carboxylic acids is 1. The SMILES string of the molecule is COc1cccc(F)c1-c1ccc2c(C3CCN(C(=O)OC(C)(C)C)C3)n(C)nc2c1. The molecule has 1 amide bonds. The normalized spacial score (nSPS) is 16.7. The van der Waals surface area contributed by atoms with Gasteiger partial charge in [0.25, 0.3) is 0 Å². The number of aromatic nitrogens is 2. The lowest BCUT2D eigenvalue weighted by Crippen LogP contribution is -2.35. The number of hydrogen-bond acceptors (Lipinski definition) is 4. The van der Waals surface area contributed by atoms with Gasteiger partial charge in [-0.1, -0.05) is 18.2 Å². The van der Waals surface area contributed by atoms with Gasteiger partial charge < -0.3 is 14.4 Å². The number of methoxy groups -OCH3 is 1. The lowest BCUT2D eigenvalue weighted by molar-refractivity contribution is 0.0292. The van der Waals surface area contributed by atoms with Crippen LogP contribution in [0.15, 0.2) is 36.4 Å². The van der Waals surface area contributed by atoms with Gasteiger partial charge in [0.2, 0.25) is 0 Å². The minimum Gasteiger partial charge on any atom is -0.496 e. The second kappa shape index (κ2) is 7.87. The van der Waals surface area contributed by atoms with Crippen molar-refractivity contribution in [1.29, 1.82) is 0 Å². The van der Waals surface area contributed by atoms with Crippen LogP contribution in [0.4, 0.5) is 9.18 Å². The zero-order valence-electron chi connectivity index (χ0n) is 18.6. The Hall–Kier alpha value is -3.09. The van der Waals surface area contributed by atoms with Crippen molar-refractivity contribution in [3.05, 3.63) is 47.9 Å². The summed E-state index contributed by atoms with van der Waals surface area (Å²) in [5, 5.41) is 5.69. The number of halogens is 1. The predicted octanol–water partition coefficient (Wildman–Crippen LogP) is 5.11. The Morgan fingerprint density at radius 1 is 1.23 bits per heavy atom. The van der Waals surface area contributed by atoms with E-state index in [1.807, 2.05) is 50.7 Å². The zero-order valence-corrected chi connectivity index (χ0v) is 18.6. The highest BCUT2D eigenvalue weighted by Gasteiger charge is 2.33. The summed E-state index contributed by atoms with van der Waals surface area (Å²) in [5.41, 5.74) is 2.49. The molecule has 0 spiro atoms. The quantitative estimate of drug-likeness (QED) is 0.585. The molecule has 6 nitrogen and oxygen atoms in total. The molecule has 2 aromatic carbocycles. The molecule has 0 aliphatic carbocycles. The van der Waals surface area contributed by atoms with E-state index in [9.17, 15) is 9.18 Å². The first-order valence-electron chi connectivity index (χ1n) is 10.5. The van der Waals surface area contributed by atoms with Crippen LogP contribution in [-0.4, -0.2) is 46.6 Å². The molecule has 1 fully saturated rings. The van der Waals surface area contributed by atoms with E-state index in [0.717, 1.165) is 23.0 Å². The van der Waals surface area contributed by atoms with Gasteiger partial charge in [-0.25, -0.2) is 9.18 Å². The van der Waals surface area contributed by atoms with Gasteiger partial charge in [-0.2, -0.15) is 5.10 Å². The molecule has 1 aromatic heterocycles. The van der Waals surface area contributed by atoms with Crippen molar-refractivity contribution in [2.45, 2.75) is 38.7 Å². The van der Waals surface area contributed by atoms with Crippen molar-refractivity contribution in [2.24, 2.45) is 7.05 Å². The highest BCUT2D eigenvalue weighted by molar-refractivity contribution is 5.88. The summed E-state index contributed by atoms with van der Waals surface area (Å²) in [6.07, 6.45) is 0.562. The van der Waals surface area contributed by atoms with Crippen LogP contribution in [0.25, 0.3) is 22.0 Å². The number of hydrogen-bond donors (Lipinski definition) is 0. The van der Waals surface area contributed by atoms with Crippen molar-refractivity contribution in [1.82, 2.24) is 14.7 Å². The van der Waals surface area contributed by atoms with Crippen LogP contribution in [-0.2, 0) is 11.8 Å². The van der Waals surface area contributed by atoms with Crippen LogP contribution in [0.1, 0.15) is 38.8 Å². The summed E-state index contributed by atoms with van der Waals surface area (Å²) in [6, 6.07) is 10.6. The van der Waals surface area contributed by atoms with Gasteiger partial charge in [0.05, 0.1) is 23.9 Å². The van der Waals surface area contributed by atoms with Gasteiger partial charge in [-0.15, -0.1) is 0 Å². The molecule has 2 heterocycles. The van der Waals surface area contributed by atoms with Crippen molar-refractivity contribution < 1.29 is 18.7 Å². The van der Waals surface area contributed by atoms with Crippen LogP contribution >= 0.6 is 0 Å². The molecule has 1 atom stereocenters. The van der Waals surface area contributed by atoms with E-state index in [4.69, 9.17) is 9.47 Å². The maximum absolute atomic E-state index is 14.5. The third-order valence-electron chi connectivity index (χ3n) is 5.59. The highest BCUT2D eigenvalue weighted by Crippen LogP contribution is 2.37. The van der Waals surface area contributed by atoms with Crippen molar-refractivity contribution in [3.63, 3.8) is 0 Å². The Morgan fingerprint density at radius 2 is 2.00 bits per heavy atom. The lowest BCUT2D eigenvalue weighted by atomic mass is 9.98. The topological polar surface area (TPSA) is 56.6 Å². The molecule has 1 unspecified atom stereocenters. The smallest absolute Gasteiger partial charge is 0.410 e. The van der Waals surface area contributed by atoms with E-state index in [0.29, 0.717) is 30.0 Å². The van der Waals surface area contributed by atoms with Crippen LogP contribution in [0, 0.1) is 5.82 Å². The zero-order chi connectivity index (χ0) is 22.3. The number of likely N-dealkylation sites (tertiary alicyclic amines) is 1. The van der Waals surface area contributed by atoms with E-state index >= 15 is 0 Å². The van der Waals surface area contributed by atoms with Crippen LogP contribution < -0.4 is 4.74 Å². The molecule has 0 radical (unpaired) electrons. The molecule has 4 rings (SSSR count). The maximum atomic E-state index is 14.5. The summed E-state index contributed by atoms with van der Waals surface area (Å²) in [7, 11) is 3.45. The number of benzene rings is 2. The van der Waals surface area contributed by atoms with E-state index < -0.39 is 5.60 Å². The fraction of sp³-hybridized carbons (Fsp3) is 0.417. The third kappa shape index (κ3) is 4.09.